The normalized spacial score (nSPS) is 10.2. The van der Waals surface area contributed by atoms with Gasteiger partial charge in [0.2, 0.25) is 5.91 Å². The Balaban J connectivity index is 2.25. The first kappa shape index (κ1) is 15.2. The van der Waals surface area contributed by atoms with E-state index in [0.29, 0.717) is 17.1 Å². The molecule has 0 atom stereocenters. The summed E-state index contributed by atoms with van der Waals surface area (Å²) in [6.07, 6.45) is 0. The summed E-state index contributed by atoms with van der Waals surface area (Å²) in [7, 11) is 1.61. The predicted molar refractivity (Wildman–Crippen MR) is 85.0 cm³/mol. The third-order valence-electron chi connectivity index (χ3n) is 3.35. The number of carbonyl (C=O) groups is 1. The number of methoxy groups -OCH3 is 1. The van der Waals surface area contributed by atoms with E-state index in [0.717, 1.165) is 22.6 Å². The van der Waals surface area contributed by atoms with Crippen molar-refractivity contribution in [2.45, 2.75) is 13.5 Å². The topological polar surface area (TPSA) is 64.3 Å². The van der Waals surface area contributed by atoms with Gasteiger partial charge >= 0.3 is 0 Å². The monoisotopic (exact) mass is 304 g/mol. The highest BCUT2D eigenvalue weighted by Crippen LogP contribution is 2.28. The zero-order valence-corrected chi connectivity index (χ0v) is 12.7. The SMILES string of the molecule is COc1cccc(Cl)c1CNc1cccc(C(N)=O)c1C. The number of hydrogen-bond acceptors (Lipinski definition) is 3. The first-order valence-corrected chi connectivity index (χ1v) is 6.87. The maximum atomic E-state index is 11.4. The number of carbonyl (C=O) groups excluding carboxylic acids is 1. The van der Waals surface area contributed by atoms with E-state index >= 15 is 0 Å². The molecular formula is C16H17ClN2O2. The number of halogens is 1. The average molecular weight is 305 g/mol. The van der Waals surface area contributed by atoms with Crippen molar-refractivity contribution in [3.05, 3.63) is 58.1 Å². The van der Waals surface area contributed by atoms with Gasteiger partial charge in [-0.2, -0.15) is 0 Å². The Labute approximate surface area is 128 Å². The van der Waals surface area contributed by atoms with Crippen molar-refractivity contribution >= 4 is 23.2 Å². The summed E-state index contributed by atoms with van der Waals surface area (Å²) in [6, 6.07) is 10.9. The molecule has 0 spiro atoms. The molecule has 0 heterocycles. The van der Waals surface area contributed by atoms with Crippen LogP contribution >= 0.6 is 11.6 Å². The lowest BCUT2D eigenvalue weighted by Gasteiger charge is -2.14. The summed E-state index contributed by atoms with van der Waals surface area (Å²) in [5.74, 6) is 0.283. The van der Waals surface area contributed by atoms with Crippen molar-refractivity contribution in [2.24, 2.45) is 5.73 Å². The molecule has 0 aliphatic rings. The first-order valence-electron chi connectivity index (χ1n) is 6.49. The zero-order chi connectivity index (χ0) is 15.4. The quantitative estimate of drug-likeness (QED) is 0.890. The van der Waals surface area contributed by atoms with Gasteiger partial charge in [0.05, 0.1) is 7.11 Å². The third kappa shape index (κ3) is 3.28. The Morgan fingerprint density at radius 3 is 2.67 bits per heavy atom. The van der Waals surface area contributed by atoms with Crippen molar-refractivity contribution in [1.29, 1.82) is 0 Å². The standard InChI is InChI=1S/C16H17ClN2O2/c1-10-11(16(18)20)5-3-7-14(10)19-9-12-13(17)6-4-8-15(12)21-2/h3-8,19H,9H2,1-2H3,(H2,18,20). The van der Waals surface area contributed by atoms with Crippen molar-refractivity contribution < 1.29 is 9.53 Å². The van der Waals surface area contributed by atoms with E-state index in [-0.39, 0.29) is 0 Å². The molecule has 0 bridgehead atoms. The van der Waals surface area contributed by atoms with Crippen LogP contribution in [-0.2, 0) is 6.54 Å². The number of nitrogens with one attached hydrogen (secondary N) is 1. The van der Waals surface area contributed by atoms with Crippen LogP contribution in [0.2, 0.25) is 5.02 Å². The smallest absolute Gasteiger partial charge is 0.249 e. The van der Waals surface area contributed by atoms with Crippen LogP contribution in [0.25, 0.3) is 0 Å². The van der Waals surface area contributed by atoms with Crippen LogP contribution in [0.5, 0.6) is 5.75 Å². The predicted octanol–water partition coefficient (Wildman–Crippen LogP) is 3.37. The number of amides is 1. The Morgan fingerprint density at radius 2 is 2.00 bits per heavy atom. The maximum Gasteiger partial charge on any atom is 0.249 e. The summed E-state index contributed by atoms with van der Waals surface area (Å²) < 4.78 is 5.31. The van der Waals surface area contributed by atoms with E-state index in [4.69, 9.17) is 22.1 Å². The molecule has 2 rings (SSSR count). The van der Waals surface area contributed by atoms with Gasteiger partial charge in [-0.15, -0.1) is 0 Å². The van der Waals surface area contributed by atoms with Crippen LogP contribution in [0.1, 0.15) is 21.5 Å². The van der Waals surface area contributed by atoms with Gasteiger partial charge < -0.3 is 15.8 Å². The summed E-state index contributed by atoms with van der Waals surface area (Å²) in [5, 5.41) is 3.90. The van der Waals surface area contributed by atoms with Crippen LogP contribution < -0.4 is 15.8 Å². The Bertz CT molecular complexity index is 671. The number of hydrogen-bond donors (Lipinski definition) is 2. The van der Waals surface area contributed by atoms with E-state index in [1.165, 1.54) is 0 Å². The minimum Gasteiger partial charge on any atom is -0.496 e. The molecule has 0 saturated carbocycles. The van der Waals surface area contributed by atoms with Crippen molar-refractivity contribution in [2.75, 3.05) is 12.4 Å². The number of anilines is 1. The van der Waals surface area contributed by atoms with Crippen LogP contribution in [0.4, 0.5) is 5.69 Å². The fourth-order valence-corrected chi connectivity index (χ4v) is 2.41. The molecule has 0 radical (unpaired) electrons. The van der Waals surface area contributed by atoms with Crippen molar-refractivity contribution in [3.8, 4) is 5.75 Å². The second kappa shape index (κ2) is 6.50. The van der Waals surface area contributed by atoms with Crippen molar-refractivity contribution in [1.82, 2.24) is 0 Å². The van der Waals surface area contributed by atoms with Crippen LogP contribution in [0.15, 0.2) is 36.4 Å². The van der Waals surface area contributed by atoms with Gasteiger partial charge in [-0.05, 0) is 36.8 Å². The summed E-state index contributed by atoms with van der Waals surface area (Å²) in [5.41, 5.74) is 8.38. The molecule has 21 heavy (non-hydrogen) atoms. The van der Waals surface area contributed by atoms with Gasteiger partial charge in [0.1, 0.15) is 5.75 Å². The first-order chi connectivity index (χ1) is 10.0. The second-order valence-corrected chi connectivity index (χ2v) is 5.02. The Morgan fingerprint density at radius 1 is 1.29 bits per heavy atom. The molecule has 0 aromatic heterocycles. The minimum atomic E-state index is -0.438. The van der Waals surface area contributed by atoms with Gasteiger partial charge in [0.25, 0.3) is 0 Å². The van der Waals surface area contributed by atoms with E-state index in [1.807, 2.05) is 31.2 Å². The van der Waals surface area contributed by atoms with E-state index in [2.05, 4.69) is 5.32 Å². The van der Waals surface area contributed by atoms with Crippen LogP contribution in [0.3, 0.4) is 0 Å². The van der Waals surface area contributed by atoms with E-state index < -0.39 is 5.91 Å². The molecule has 2 aromatic rings. The molecule has 0 aliphatic carbocycles. The number of nitrogens with two attached hydrogens (primary N) is 1. The molecule has 0 aliphatic heterocycles. The molecular weight excluding hydrogens is 288 g/mol. The molecule has 2 aromatic carbocycles. The third-order valence-corrected chi connectivity index (χ3v) is 3.70. The number of primary amides is 1. The molecule has 3 N–H and O–H groups in total. The largest absolute Gasteiger partial charge is 0.496 e. The van der Waals surface area contributed by atoms with Gasteiger partial charge in [0, 0.05) is 28.4 Å². The number of ether oxygens (including phenoxy) is 1. The molecule has 5 heteroatoms. The minimum absolute atomic E-state index is 0.438. The average Bonchev–Trinajstić information content (AvgIpc) is 2.46. The Hall–Kier alpha value is -2.20. The Kier molecular flexibility index (Phi) is 4.70. The van der Waals surface area contributed by atoms with Crippen LogP contribution in [-0.4, -0.2) is 13.0 Å². The highest BCUT2D eigenvalue weighted by molar-refractivity contribution is 6.31. The highest BCUT2D eigenvalue weighted by atomic mass is 35.5. The molecule has 0 fully saturated rings. The van der Waals surface area contributed by atoms with Crippen LogP contribution in [0, 0.1) is 6.92 Å². The fraction of sp³-hybridized carbons (Fsp3) is 0.188. The van der Waals surface area contributed by atoms with Gasteiger partial charge in [-0.25, -0.2) is 0 Å². The summed E-state index contributed by atoms with van der Waals surface area (Å²) >= 11 is 6.20. The number of rotatable bonds is 5. The summed E-state index contributed by atoms with van der Waals surface area (Å²) in [6.45, 7) is 2.35. The lowest BCUT2D eigenvalue weighted by Crippen LogP contribution is -2.14. The highest BCUT2D eigenvalue weighted by Gasteiger charge is 2.11. The molecule has 4 nitrogen and oxygen atoms in total. The second-order valence-electron chi connectivity index (χ2n) is 4.62. The van der Waals surface area contributed by atoms with Crippen molar-refractivity contribution in [3.63, 3.8) is 0 Å². The lowest BCUT2D eigenvalue weighted by atomic mass is 10.1. The van der Waals surface area contributed by atoms with Gasteiger partial charge in [-0.1, -0.05) is 23.7 Å². The molecule has 0 saturated heterocycles. The number of benzene rings is 2. The maximum absolute atomic E-state index is 11.4. The lowest BCUT2D eigenvalue weighted by molar-refractivity contribution is 0.1000. The summed E-state index contributed by atoms with van der Waals surface area (Å²) in [4.78, 5) is 11.4. The fourth-order valence-electron chi connectivity index (χ4n) is 2.18. The van der Waals surface area contributed by atoms with E-state index in [9.17, 15) is 4.79 Å². The van der Waals surface area contributed by atoms with Gasteiger partial charge in [-0.3, -0.25) is 4.79 Å². The molecule has 0 unspecified atom stereocenters. The van der Waals surface area contributed by atoms with E-state index in [1.54, 1.807) is 19.2 Å². The molecule has 1 amide bonds. The molecule has 110 valence electrons. The van der Waals surface area contributed by atoms with Gasteiger partial charge in [0.15, 0.2) is 0 Å². The zero-order valence-electron chi connectivity index (χ0n) is 11.9.